The van der Waals surface area contributed by atoms with Crippen LogP contribution >= 0.6 is 0 Å². The third-order valence-electron chi connectivity index (χ3n) is 1.23. The van der Waals surface area contributed by atoms with E-state index in [9.17, 15) is 0 Å². The molecule has 1 heterocycles. The Labute approximate surface area is 69.8 Å². The Bertz CT molecular complexity index is 224. The molecule has 1 rings (SSSR count). The highest BCUT2D eigenvalue weighted by molar-refractivity contribution is 5.40. The number of nitrogens with one attached hydrogen (secondary N) is 2. The number of aliphatic hydroxyl groups excluding tert-OH is 1. The third kappa shape index (κ3) is 2.33. The normalized spacial score (nSPS) is 9.50. The lowest BCUT2D eigenvalue weighted by Crippen LogP contribution is -2.11. The molecule has 0 aliphatic heterocycles. The SMILES string of the molecule is NNc1ccc(NCCO)nn1. The average Bonchev–Trinajstić information content (AvgIpc) is 2.15. The molecule has 0 aromatic carbocycles. The summed E-state index contributed by atoms with van der Waals surface area (Å²) in [6.07, 6.45) is 0. The molecule has 0 unspecified atom stereocenters. The van der Waals surface area contributed by atoms with Gasteiger partial charge in [0.1, 0.15) is 5.82 Å². The van der Waals surface area contributed by atoms with Gasteiger partial charge in [0.25, 0.3) is 0 Å². The van der Waals surface area contributed by atoms with Gasteiger partial charge in [-0.2, -0.15) is 0 Å². The van der Waals surface area contributed by atoms with E-state index in [1.54, 1.807) is 12.1 Å². The van der Waals surface area contributed by atoms with E-state index in [0.717, 1.165) is 0 Å². The zero-order chi connectivity index (χ0) is 8.81. The molecule has 0 spiro atoms. The van der Waals surface area contributed by atoms with Gasteiger partial charge in [-0.05, 0) is 12.1 Å². The highest BCUT2D eigenvalue weighted by Gasteiger charge is 1.93. The Kier molecular flexibility index (Phi) is 3.24. The molecule has 1 aromatic heterocycles. The smallest absolute Gasteiger partial charge is 0.162 e. The van der Waals surface area contributed by atoms with Gasteiger partial charge in [-0.1, -0.05) is 0 Å². The van der Waals surface area contributed by atoms with E-state index in [4.69, 9.17) is 10.9 Å². The van der Waals surface area contributed by atoms with Crippen LogP contribution in [0.4, 0.5) is 11.6 Å². The Morgan fingerprint density at radius 2 is 2.00 bits per heavy atom. The van der Waals surface area contributed by atoms with Crippen LogP contribution in [0.25, 0.3) is 0 Å². The van der Waals surface area contributed by atoms with Crippen molar-refractivity contribution >= 4 is 11.6 Å². The summed E-state index contributed by atoms with van der Waals surface area (Å²) in [6, 6.07) is 3.41. The first-order valence-corrected chi connectivity index (χ1v) is 3.52. The van der Waals surface area contributed by atoms with E-state index >= 15 is 0 Å². The fourth-order valence-electron chi connectivity index (χ4n) is 0.688. The molecule has 6 nitrogen and oxygen atoms in total. The van der Waals surface area contributed by atoms with Gasteiger partial charge in [0, 0.05) is 6.54 Å². The lowest BCUT2D eigenvalue weighted by molar-refractivity contribution is 0.311. The molecule has 6 heteroatoms. The van der Waals surface area contributed by atoms with Gasteiger partial charge in [-0.25, -0.2) is 5.84 Å². The Balaban J connectivity index is 2.53. The minimum atomic E-state index is 0.0680. The highest BCUT2D eigenvalue weighted by atomic mass is 16.3. The first-order chi connectivity index (χ1) is 5.86. The third-order valence-corrected chi connectivity index (χ3v) is 1.23. The van der Waals surface area contributed by atoms with Gasteiger partial charge >= 0.3 is 0 Å². The molecule has 0 aliphatic rings. The monoisotopic (exact) mass is 169 g/mol. The van der Waals surface area contributed by atoms with Crippen molar-refractivity contribution in [3.05, 3.63) is 12.1 Å². The summed E-state index contributed by atoms with van der Waals surface area (Å²) in [6.45, 7) is 0.530. The number of nitrogens with zero attached hydrogens (tertiary/aromatic N) is 2. The molecule has 0 saturated heterocycles. The summed E-state index contributed by atoms with van der Waals surface area (Å²) < 4.78 is 0. The minimum Gasteiger partial charge on any atom is -0.395 e. The minimum absolute atomic E-state index is 0.0680. The number of anilines is 2. The van der Waals surface area contributed by atoms with Crippen LogP contribution < -0.4 is 16.6 Å². The molecular formula is C6H11N5O. The van der Waals surface area contributed by atoms with Crippen LogP contribution in [-0.4, -0.2) is 28.5 Å². The second-order valence-electron chi connectivity index (χ2n) is 2.10. The fourth-order valence-corrected chi connectivity index (χ4v) is 0.688. The summed E-state index contributed by atoms with van der Waals surface area (Å²) in [7, 11) is 0. The van der Waals surface area contributed by atoms with Gasteiger partial charge < -0.3 is 15.8 Å². The van der Waals surface area contributed by atoms with Crippen molar-refractivity contribution in [2.45, 2.75) is 0 Å². The molecule has 66 valence electrons. The number of hydrazine groups is 1. The fraction of sp³-hybridized carbons (Fsp3) is 0.333. The van der Waals surface area contributed by atoms with Gasteiger partial charge in [-0.3, -0.25) is 0 Å². The molecule has 0 atom stereocenters. The number of aromatic nitrogens is 2. The van der Waals surface area contributed by atoms with Gasteiger partial charge in [0.2, 0.25) is 0 Å². The highest BCUT2D eigenvalue weighted by Crippen LogP contribution is 2.03. The van der Waals surface area contributed by atoms with Crippen LogP contribution in [0, 0.1) is 0 Å². The van der Waals surface area contributed by atoms with Crippen LogP contribution in [-0.2, 0) is 0 Å². The van der Waals surface area contributed by atoms with E-state index in [0.29, 0.717) is 18.2 Å². The maximum absolute atomic E-state index is 8.49. The van der Waals surface area contributed by atoms with Crippen molar-refractivity contribution in [1.82, 2.24) is 10.2 Å². The summed E-state index contributed by atoms with van der Waals surface area (Å²) in [5, 5.41) is 18.8. The second-order valence-corrected chi connectivity index (χ2v) is 2.10. The second kappa shape index (κ2) is 4.47. The van der Waals surface area contributed by atoms with Gasteiger partial charge in [-0.15, -0.1) is 10.2 Å². The molecule has 12 heavy (non-hydrogen) atoms. The first kappa shape index (κ1) is 8.69. The Hall–Kier alpha value is -1.40. The van der Waals surface area contributed by atoms with Crippen molar-refractivity contribution in [3.8, 4) is 0 Å². The lowest BCUT2D eigenvalue weighted by Gasteiger charge is -2.02. The number of hydrogen-bond acceptors (Lipinski definition) is 6. The van der Waals surface area contributed by atoms with Crippen molar-refractivity contribution in [1.29, 1.82) is 0 Å². The average molecular weight is 169 g/mol. The Morgan fingerprint density at radius 3 is 2.50 bits per heavy atom. The maximum Gasteiger partial charge on any atom is 0.162 e. The molecular weight excluding hydrogens is 158 g/mol. The predicted octanol–water partition coefficient (Wildman–Crippen LogP) is -0.834. The maximum atomic E-state index is 8.49. The van der Waals surface area contributed by atoms with Crippen LogP contribution in [0.5, 0.6) is 0 Å². The topological polar surface area (TPSA) is 96.1 Å². The van der Waals surface area contributed by atoms with Crippen molar-refractivity contribution < 1.29 is 5.11 Å². The lowest BCUT2D eigenvalue weighted by atomic mass is 10.5. The zero-order valence-electron chi connectivity index (χ0n) is 6.49. The molecule has 5 N–H and O–H groups in total. The van der Waals surface area contributed by atoms with E-state index in [2.05, 4.69) is 20.9 Å². The summed E-state index contributed by atoms with van der Waals surface area (Å²) in [5.41, 5.74) is 2.36. The summed E-state index contributed by atoms with van der Waals surface area (Å²) in [4.78, 5) is 0. The van der Waals surface area contributed by atoms with Crippen molar-refractivity contribution in [2.24, 2.45) is 5.84 Å². The van der Waals surface area contributed by atoms with Crippen LogP contribution in [0.1, 0.15) is 0 Å². The largest absolute Gasteiger partial charge is 0.395 e. The standard InChI is InChI=1S/C6H11N5O/c7-9-6-2-1-5(10-11-6)8-3-4-12/h1-2,12H,3-4,7H2,(H,8,10)(H,9,11). The zero-order valence-corrected chi connectivity index (χ0v) is 6.49. The first-order valence-electron chi connectivity index (χ1n) is 3.52. The Morgan fingerprint density at radius 1 is 1.33 bits per heavy atom. The molecule has 0 aliphatic carbocycles. The van der Waals surface area contributed by atoms with E-state index in [-0.39, 0.29) is 6.61 Å². The van der Waals surface area contributed by atoms with E-state index in [1.807, 2.05) is 0 Å². The molecule has 0 saturated carbocycles. The van der Waals surface area contributed by atoms with Crippen molar-refractivity contribution in [3.63, 3.8) is 0 Å². The number of nitrogen functional groups attached to an aromatic ring is 1. The molecule has 0 radical (unpaired) electrons. The molecule has 0 fully saturated rings. The number of nitrogens with two attached hydrogens (primary N) is 1. The van der Waals surface area contributed by atoms with Crippen LogP contribution in [0.15, 0.2) is 12.1 Å². The number of aliphatic hydroxyl groups is 1. The van der Waals surface area contributed by atoms with Crippen molar-refractivity contribution in [2.75, 3.05) is 23.9 Å². The number of rotatable bonds is 4. The predicted molar refractivity (Wildman–Crippen MR) is 45.4 cm³/mol. The van der Waals surface area contributed by atoms with E-state index in [1.165, 1.54) is 0 Å². The van der Waals surface area contributed by atoms with Gasteiger partial charge in [0.05, 0.1) is 6.61 Å². The summed E-state index contributed by atoms with van der Waals surface area (Å²) >= 11 is 0. The molecule has 1 aromatic rings. The van der Waals surface area contributed by atoms with Crippen LogP contribution in [0.2, 0.25) is 0 Å². The van der Waals surface area contributed by atoms with Crippen LogP contribution in [0.3, 0.4) is 0 Å². The molecule has 0 bridgehead atoms. The quantitative estimate of drug-likeness (QED) is 0.347. The van der Waals surface area contributed by atoms with E-state index < -0.39 is 0 Å². The summed E-state index contributed by atoms with van der Waals surface area (Å²) in [5.74, 6) is 6.21. The van der Waals surface area contributed by atoms with Gasteiger partial charge in [0.15, 0.2) is 5.82 Å². The molecule has 0 amide bonds. The number of hydrogen-bond donors (Lipinski definition) is 4.